The molecular weight excluding hydrogens is 510 g/mol. The number of fused-ring (bicyclic) bond motifs is 3. The fourth-order valence-corrected chi connectivity index (χ4v) is 9.50. The molecule has 4 heterocycles. The number of nitrogens with zero attached hydrogens (tertiary/aromatic N) is 4. The molecule has 1 spiro atoms. The van der Waals surface area contributed by atoms with Crippen LogP contribution in [0, 0.1) is 23.2 Å². The number of anilines is 1. The van der Waals surface area contributed by atoms with Gasteiger partial charge in [-0.1, -0.05) is 24.3 Å². The Hall–Kier alpha value is -3.08. The summed E-state index contributed by atoms with van der Waals surface area (Å²) in [6.45, 7) is 0.904. The largest absolute Gasteiger partial charge is 0.479 e. The molecule has 1 aromatic carbocycles. The minimum Gasteiger partial charge on any atom is -0.479 e. The van der Waals surface area contributed by atoms with E-state index in [0.29, 0.717) is 29.4 Å². The number of imidazole rings is 1. The summed E-state index contributed by atoms with van der Waals surface area (Å²) in [6, 6.07) is 8.16. The molecule has 2 aliphatic heterocycles. The molecule has 3 aromatic rings. The Labute approximate surface area is 231 Å². The monoisotopic (exact) mass is 543 g/mol. The second-order valence-corrected chi connectivity index (χ2v) is 13.3. The van der Waals surface area contributed by atoms with Crippen molar-refractivity contribution in [3.63, 3.8) is 0 Å². The van der Waals surface area contributed by atoms with Gasteiger partial charge in [0.05, 0.1) is 6.33 Å². The van der Waals surface area contributed by atoms with E-state index in [1.54, 1.807) is 17.2 Å². The average molecular weight is 544 g/mol. The van der Waals surface area contributed by atoms with Crippen molar-refractivity contribution >= 4 is 23.0 Å². The lowest BCUT2D eigenvalue weighted by molar-refractivity contribution is -0.214. The van der Waals surface area contributed by atoms with Crippen molar-refractivity contribution in [1.82, 2.24) is 19.5 Å². The number of aliphatic carboxylic acids is 1. The summed E-state index contributed by atoms with van der Waals surface area (Å²) in [4.78, 5) is 26.0. The standard InChI is InChI=1S/C30H33N5O5/c36-28(37)24-22-23(40-30(39-22)11-19-3-1-2-4-20(19)12-30)27(38-24)35-15-34-21-25(32-14-33-26(21)35)31-13-29-8-16-5-17(9-29)7-18(6-16)10-29/h1-4,14-18,22-24,27H,5-13H2,(H,36,37)(H,31,32,33)/t16?,17?,18?,22?,23?,24-,27+,29?/m0/s1. The summed E-state index contributed by atoms with van der Waals surface area (Å²) in [5, 5.41) is 13.7. The Morgan fingerprint density at radius 1 is 0.975 bits per heavy atom. The summed E-state index contributed by atoms with van der Waals surface area (Å²) in [5.41, 5.74) is 3.95. The van der Waals surface area contributed by atoms with Gasteiger partial charge in [-0.05, 0) is 72.8 Å². The molecular formula is C30H33N5O5. The van der Waals surface area contributed by atoms with E-state index in [0.717, 1.165) is 30.1 Å². The van der Waals surface area contributed by atoms with Crippen molar-refractivity contribution < 1.29 is 24.1 Å². The molecule has 7 aliphatic rings. The highest BCUT2D eigenvalue weighted by Crippen LogP contribution is 2.60. The fourth-order valence-electron chi connectivity index (χ4n) is 9.50. The zero-order valence-corrected chi connectivity index (χ0v) is 22.2. The molecule has 2 unspecified atom stereocenters. The Kier molecular flexibility index (Phi) is 4.86. The van der Waals surface area contributed by atoms with Crippen molar-refractivity contribution in [2.45, 2.75) is 81.7 Å². The lowest BCUT2D eigenvalue weighted by atomic mass is 9.49. The molecule has 6 fully saturated rings. The van der Waals surface area contributed by atoms with Crippen LogP contribution in [-0.4, -0.2) is 61.2 Å². The van der Waals surface area contributed by atoms with E-state index in [9.17, 15) is 9.90 Å². The smallest absolute Gasteiger partial charge is 0.335 e. The van der Waals surface area contributed by atoms with Crippen molar-refractivity contribution in [2.75, 3.05) is 11.9 Å². The minimum atomic E-state index is -1.15. The molecule has 0 amide bonds. The van der Waals surface area contributed by atoms with Gasteiger partial charge in [-0.15, -0.1) is 0 Å². The van der Waals surface area contributed by atoms with Gasteiger partial charge in [0.25, 0.3) is 0 Å². The van der Waals surface area contributed by atoms with Crippen LogP contribution in [0.1, 0.15) is 55.9 Å². The molecule has 40 heavy (non-hydrogen) atoms. The van der Waals surface area contributed by atoms with Gasteiger partial charge in [0, 0.05) is 19.4 Å². The van der Waals surface area contributed by atoms with E-state index < -0.39 is 36.3 Å². The third-order valence-electron chi connectivity index (χ3n) is 10.6. The number of carbonyl (C=O) groups is 1. The van der Waals surface area contributed by atoms with Gasteiger partial charge < -0.3 is 24.6 Å². The number of ether oxygens (including phenoxy) is 3. The summed E-state index contributed by atoms with van der Waals surface area (Å²) >= 11 is 0. The van der Waals surface area contributed by atoms with Crippen molar-refractivity contribution in [2.24, 2.45) is 23.2 Å². The van der Waals surface area contributed by atoms with Gasteiger partial charge >= 0.3 is 5.97 Å². The predicted molar refractivity (Wildman–Crippen MR) is 142 cm³/mol. The molecule has 10 rings (SSSR count). The molecule has 4 bridgehead atoms. The van der Waals surface area contributed by atoms with E-state index in [1.165, 1.54) is 49.7 Å². The van der Waals surface area contributed by atoms with Crippen LogP contribution in [0.2, 0.25) is 0 Å². The molecule has 2 aromatic heterocycles. The van der Waals surface area contributed by atoms with E-state index in [-0.39, 0.29) is 0 Å². The second kappa shape index (κ2) is 8.24. The first-order chi connectivity index (χ1) is 19.5. The topological polar surface area (TPSA) is 121 Å². The normalized spacial score (nSPS) is 38.2. The molecule has 4 saturated carbocycles. The van der Waals surface area contributed by atoms with Gasteiger partial charge in [0.1, 0.15) is 18.5 Å². The van der Waals surface area contributed by atoms with Gasteiger partial charge in [0.2, 0.25) is 0 Å². The maximum Gasteiger partial charge on any atom is 0.335 e. The first-order valence-electron chi connectivity index (χ1n) is 14.7. The highest BCUT2D eigenvalue weighted by Gasteiger charge is 2.62. The number of benzene rings is 1. The number of aromatic nitrogens is 4. The van der Waals surface area contributed by atoms with E-state index >= 15 is 0 Å². The number of hydrogen-bond acceptors (Lipinski definition) is 8. The first-order valence-corrected chi connectivity index (χ1v) is 14.7. The van der Waals surface area contributed by atoms with Crippen molar-refractivity contribution in [3.05, 3.63) is 48.0 Å². The van der Waals surface area contributed by atoms with Crippen molar-refractivity contribution in [3.8, 4) is 0 Å². The molecule has 208 valence electrons. The average Bonchev–Trinajstić information content (AvgIpc) is 3.67. The van der Waals surface area contributed by atoms with Crippen LogP contribution in [-0.2, 0) is 31.8 Å². The minimum absolute atomic E-state index is 0.354. The number of carboxylic acid groups (broad SMARTS) is 1. The first kappa shape index (κ1) is 23.6. The van der Waals surface area contributed by atoms with Crippen LogP contribution in [0.25, 0.3) is 11.2 Å². The quantitative estimate of drug-likeness (QED) is 0.496. The van der Waals surface area contributed by atoms with Gasteiger partial charge in [-0.2, -0.15) is 0 Å². The lowest BCUT2D eigenvalue weighted by Gasteiger charge is -2.57. The maximum atomic E-state index is 12.2. The Morgan fingerprint density at radius 2 is 1.65 bits per heavy atom. The van der Waals surface area contributed by atoms with Gasteiger partial charge in [-0.3, -0.25) is 4.57 Å². The van der Waals surface area contributed by atoms with Crippen LogP contribution in [0.4, 0.5) is 5.82 Å². The Bertz CT molecular complexity index is 1460. The van der Waals surface area contributed by atoms with E-state index in [2.05, 4.69) is 32.4 Å². The number of rotatable bonds is 5. The summed E-state index contributed by atoms with van der Waals surface area (Å²) < 4.78 is 20.9. The molecule has 5 aliphatic carbocycles. The van der Waals surface area contributed by atoms with Gasteiger partial charge in [0.15, 0.2) is 35.1 Å². The Balaban J connectivity index is 1.00. The number of carboxylic acids is 1. The van der Waals surface area contributed by atoms with Crippen LogP contribution in [0.15, 0.2) is 36.9 Å². The highest BCUT2D eigenvalue weighted by atomic mass is 16.8. The molecule has 10 nitrogen and oxygen atoms in total. The number of nitrogens with one attached hydrogen (secondary N) is 1. The summed E-state index contributed by atoms with van der Waals surface area (Å²) in [6.07, 6.45) is 9.36. The zero-order chi connectivity index (χ0) is 26.6. The lowest BCUT2D eigenvalue weighted by Crippen LogP contribution is -2.49. The fraction of sp³-hybridized carbons (Fsp3) is 0.600. The second-order valence-electron chi connectivity index (χ2n) is 13.3. The predicted octanol–water partition coefficient (Wildman–Crippen LogP) is 3.72. The van der Waals surface area contributed by atoms with Crippen LogP contribution < -0.4 is 5.32 Å². The Morgan fingerprint density at radius 3 is 2.33 bits per heavy atom. The van der Waals surface area contributed by atoms with Crippen LogP contribution in [0.3, 0.4) is 0 Å². The molecule has 4 atom stereocenters. The summed E-state index contributed by atoms with van der Waals surface area (Å²) in [5.74, 6) is 1.43. The molecule has 2 N–H and O–H groups in total. The van der Waals surface area contributed by atoms with Crippen LogP contribution in [0.5, 0.6) is 0 Å². The van der Waals surface area contributed by atoms with Crippen LogP contribution >= 0.6 is 0 Å². The molecule has 0 radical (unpaired) electrons. The SMILES string of the molecule is O=C(O)[C@H]1O[C@@H](n2cnc3c(NCC45CC6CC(CC(C6)C4)C5)ncnc32)C2OC3(Cc4ccccc4C3)OC21. The molecule has 2 saturated heterocycles. The van der Waals surface area contributed by atoms with E-state index in [1.807, 2.05) is 12.1 Å². The van der Waals surface area contributed by atoms with Gasteiger partial charge in [-0.25, -0.2) is 19.7 Å². The maximum absolute atomic E-state index is 12.2. The highest BCUT2D eigenvalue weighted by molar-refractivity contribution is 5.83. The third-order valence-corrected chi connectivity index (χ3v) is 10.6. The third kappa shape index (κ3) is 3.45. The number of hydrogen-bond donors (Lipinski definition) is 2. The van der Waals surface area contributed by atoms with Crippen molar-refractivity contribution in [1.29, 1.82) is 0 Å². The molecule has 10 heteroatoms. The van der Waals surface area contributed by atoms with E-state index in [4.69, 9.17) is 14.2 Å². The summed E-state index contributed by atoms with van der Waals surface area (Å²) in [7, 11) is 0. The zero-order valence-electron chi connectivity index (χ0n) is 22.2.